The Kier molecular flexibility index (Phi) is 5.65. The highest BCUT2D eigenvalue weighted by atomic mass is 16.5. The van der Waals surface area contributed by atoms with Crippen LogP contribution in [-0.4, -0.2) is 37.6 Å². The second kappa shape index (κ2) is 8.60. The average Bonchev–Trinajstić information content (AvgIpc) is 3.48. The Morgan fingerprint density at radius 3 is 2.50 bits per heavy atom. The van der Waals surface area contributed by atoms with Crippen LogP contribution in [0.25, 0.3) is 0 Å². The van der Waals surface area contributed by atoms with Gasteiger partial charge in [-0.25, -0.2) is 0 Å². The second-order valence-electron chi connectivity index (χ2n) is 9.65. The van der Waals surface area contributed by atoms with Gasteiger partial charge in [-0.05, 0) is 80.2 Å². The van der Waals surface area contributed by atoms with Crippen molar-refractivity contribution in [3.63, 3.8) is 0 Å². The van der Waals surface area contributed by atoms with Crippen molar-refractivity contribution in [1.82, 2.24) is 4.90 Å². The first-order valence-electron chi connectivity index (χ1n) is 11.8. The number of rotatable bonds is 4. The Bertz CT molecular complexity index is 1030. The van der Waals surface area contributed by atoms with Gasteiger partial charge in [0.25, 0.3) is 0 Å². The minimum atomic E-state index is 0.0132. The Labute approximate surface area is 190 Å². The summed E-state index contributed by atoms with van der Waals surface area (Å²) in [4.78, 5) is 18.0. The number of carbonyl (C=O) groups excluding carboxylic acids is 1. The number of amides is 1. The van der Waals surface area contributed by atoms with Gasteiger partial charge in [0.15, 0.2) is 0 Å². The van der Waals surface area contributed by atoms with Crippen LogP contribution in [0.4, 0.5) is 5.69 Å². The molecule has 1 saturated carbocycles. The molecule has 1 spiro atoms. The molecule has 1 aliphatic carbocycles. The van der Waals surface area contributed by atoms with E-state index in [9.17, 15) is 4.79 Å². The van der Waals surface area contributed by atoms with E-state index in [-0.39, 0.29) is 11.3 Å². The van der Waals surface area contributed by atoms with Crippen LogP contribution in [0, 0.1) is 17.2 Å². The third-order valence-electron chi connectivity index (χ3n) is 7.80. The fraction of sp³-hybridized carbons (Fsp3) is 0.481. The zero-order valence-electron chi connectivity index (χ0n) is 18.8. The fourth-order valence-corrected chi connectivity index (χ4v) is 5.87. The quantitative estimate of drug-likeness (QED) is 0.711. The Balaban J connectivity index is 1.35. The van der Waals surface area contributed by atoms with Crippen molar-refractivity contribution in [2.45, 2.75) is 50.5 Å². The number of fused-ring (bicyclic) bond motifs is 2. The summed E-state index contributed by atoms with van der Waals surface area (Å²) in [6.07, 6.45) is 6.50. The number of piperidine rings is 1. The highest BCUT2D eigenvalue weighted by Crippen LogP contribution is 2.49. The van der Waals surface area contributed by atoms with Crippen LogP contribution in [0.1, 0.15) is 55.2 Å². The largest absolute Gasteiger partial charge is 0.497 e. The lowest BCUT2D eigenvalue weighted by molar-refractivity contribution is -0.122. The zero-order chi connectivity index (χ0) is 22.1. The molecular weight excluding hydrogens is 398 g/mol. The molecule has 0 N–H and O–H groups in total. The fourth-order valence-electron chi connectivity index (χ4n) is 5.87. The highest BCUT2D eigenvalue weighted by molar-refractivity contribution is 5.98. The smallest absolute Gasteiger partial charge is 0.230 e. The van der Waals surface area contributed by atoms with E-state index in [1.807, 2.05) is 18.2 Å². The van der Waals surface area contributed by atoms with Crippen molar-refractivity contribution in [3.05, 3.63) is 59.2 Å². The molecule has 2 aromatic carbocycles. The first-order chi connectivity index (χ1) is 15.6. The first-order valence-corrected chi connectivity index (χ1v) is 11.8. The molecule has 0 aromatic heterocycles. The van der Waals surface area contributed by atoms with E-state index in [4.69, 9.17) is 10.00 Å². The second-order valence-corrected chi connectivity index (χ2v) is 9.65. The van der Waals surface area contributed by atoms with E-state index in [0.717, 1.165) is 63.3 Å². The van der Waals surface area contributed by atoms with E-state index in [1.165, 1.54) is 24.0 Å². The van der Waals surface area contributed by atoms with Crippen LogP contribution in [0.3, 0.4) is 0 Å². The molecule has 2 heterocycles. The number of ether oxygens (including phenoxy) is 1. The van der Waals surface area contributed by atoms with Gasteiger partial charge in [-0.2, -0.15) is 5.26 Å². The van der Waals surface area contributed by atoms with Crippen molar-refractivity contribution < 1.29 is 9.53 Å². The maximum atomic E-state index is 13.4. The topological polar surface area (TPSA) is 56.6 Å². The summed E-state index contributed by atoms with van der Waals surface area (Å²) in [6.45, 7) is 3.71. The SMILES string of the molecule is COc1ccc2c(c1)C1(CCN(Cc3ccc(C#N)cc3)CC1)CN2C(=O)C1CCCC1. The highest BCUT2D eigenvalue weighted by Gasteiger charge is 2.47. The molecular formula is C27H31N3O2. The maximum Gasteiger partial charge on any atom is 0.230 e. The first kappa shape index (κ1) is 21.0. The van der Waals surface area contributed by atoms with Gasteiger partial charge in [0, 0.05) is 30.1 Å². The molecule has 0 radical (unpaired) electrons. The van der Waals surface area contributed by atoms with E-state index in [1.54, 1.807) is 7.11 Å². The predicted octanol–water partition coefficient (Wildman–Crippen LogP) is 4.64. The van der Waals surface area contributed by atoms with Gasteiger partial charge < -0.3 is 9.64 Å². The van der Waals surface area contributed by atoms with E-state index in [0.29, 0.717) is 11.5 Å². The predicted molar refractivity (Wildman–Crippen MR) is 125 cm³/mol. The van der Waals surface area contributed by atoms with Gasteiger partial charge in [0.05, 0.1) is 18.7 Å². The van der Waals surface area contributed by atoms with Crippen LogP contribution in [0.2, 0.25) is 0 Å². The monoisotopic (exact) mass is 429 g/mol. The maximum absolute atomic E-state index is 13.4. The van der Waals surface area contributed by atoms with E-state index < -0.39 is 0 Å². The molecule has 32 heavy (non-hydrogen) atoms. The Morgan fingerprint density at radius 2 is 1.84 bits per heavy atom. The summed E-state index contributed by atoms with van der Waals surface area (Å²) >= 11 is 0. The van der Waals surface area contributed by atoms with E-state index in [2.05, 4.69) is 40.1 Å². The summed E-state index contributed by atoms with van der Waals surface area (Å²) < 4.78 is 5.55. The lowest BCUT2D eigenvalue weighted by Gasteiger charge is -2.40. The van der Waals surface area contributed by atoms with Crippen LogP contribution in [0.15, 0.2) is 42.5 Å². The molecule has 0 unspecified atom stereocenters. The van der Waals surface area contributed by atoms with Gasteiger partial charge in [-0.3, -0.25) is 9.69 Å². The van der Waals surface area contributed by atoms with Crippen LogP contribution in [-0.2, 0) is 16.8 Å². The summed E-state index contributed by atoms with van der Waals surface area (Å²) in [7, 11) is 1.71. The number of hydrogen-bond donors (Lipinski definition) is 0. The standard InChI is InChI=1S/C27H31N3O2/c1-32-23-10-11-25-24(16-23)27(19-30(25)26(31)22-4-2-3-5-22)12-14-29(15-13-27)18-21-8-6-20(17-28)7-9-21/h6-11,16,22H,2-5,12-15,18-19H2,1H3. The lowest BCUT2D eigenvalue weighted by Crippen LogP contribution is -2.46. The summed E-state index contributed by atoms with van der Waals surface area (Å²) in [5.41, 5.74) is 4.35. The van der Waals surface area contributed by atoms with Crippen LogP contribution in [0.5, 0.6) is 5.75 Å². The number of benzene rings is 2. The van der Waals surface area contributed by atoms with Gasteiger partial charge in [0.2, 0.25) is 5.91 Å². The number of hydrogen-bond acceptors (Lipinski definition) is 4. The minimum absolute atomic E-state index is 0.0132. The molecule has 1 amide bonds. The van der Waals surface area contributed by atoms with Crippen molar-refractivity contribution in [2.24, 2.45) is 5.92 Å². The lowest BCUT2D eigenvalue weighted by atomic mass is 9.74. The summed E-state index contributed by atoms with van der Waals surface area (Å²) in [5, 5.41) is 9.02. The average molecular weight is 430 g/mol. The third kappa shape index (κ3) is 3.78. The van der Waals surface area contributed by atoms with Crippen LogP contribution < -0.4 is 9.64 Å². The molecule has 3 aliphatic rings. The normalized spacial score (nSPS) is 20.3. The van der Waals surface area contributed by atoms with Gasteiger partial charge >= 0.3 is 0 Å². The van der Waals surface area contributed by atoms with Crippen LogP contribution >= 0.6 is 0 Å². The van der Waals surface area contributed by atoms with Gasteiger partial charge in [-0.1, -0.05) is 25.0 Å². The molecule has 5 nitrogen and oxygen atoms in total. The van der Waals surface area contributed by atoms with Crippen molar-refractivity contribution in [3.8, 4) is 11.8 Å². The van der Waals surface area contributed by atoms with Crippen molar-refractivity contribution in [1.29, 1.82) is 5.26 Å². The van der Waals surface area contributed by atoms with E-state index >= 15 is 0 Å². The number of methoxy groups -OCH3 is 1. The third-order valence-corrected chi connectivity index (χ3v) is 7.80. The number of anilines is 1. The number of carbonyl (C=O) groups is 1. The molecule has 0 atom stereocenters. The summed E-state index contributed by atoms with van der Waals surface area (Å²) in [6, 6.07) is 16.4. The molecule has 5 heteroatoms. The molecule has 1 saturated heterocycles. The Hall–Kier alpha value is -2.84. The Morgan fingerprint density at radius 1 is 1.12 bits per heavy atom. The number of likely N-dealkylation sites (tertiary alicyclic amines) is 1. The molecule has 2 aromatic rings. The van der Waals surface area contributed by atoms with Gasteiger partial charge in [-0.15, -0.1) is 0 Å². The number of nitrogens with zero attached hydrogens (tertiary/aromatic N) is 3. The molecule has 2 fully saturated rings. The van der Waals surface area contributed by atoms with Gasteiger partial charge in [0.1, 0.15) is 5.75 Å². The number of nitriles is 1. The summed E-state index contributed by atoms with van der Waals surface area (Å²) in [5.74, 6) is 1.39. The zero-order valence-corrected chi connectivity index (χ0v) is 18.8. The molecule has 0 bridgehead atoms. The molecule has 166 valence electrons. The van der Waals surface area contributed by atoms with Crippen molar-refractivity contribution in [2.75, 3.05) is 31.6 Å². The molecule has 5 rings (SSSR count). The minimum Gasteiger partial charge on any atom is -0.497 e. The van der Waals surface area contributed by atoms with Crippen molar-refractivity contribution >= 4 is 11.6 Å². The molecule has 2 aliphatic heterocycles.